The first-order chi connectivity index (χ1) is 13.6. The largest absolute Gasteiger partial charge is 0.339 e. The summed E-state index contributed by atoms with van der Waals surface area (Å²) in [5, 5.41) is 7.95. The molecule has 0 unspecified atom stereocenters. The van der Waals surface area contributed by atoms with Crippen molar-refractivity contribution >= 4 is 16.8 Å². The molecule has 0 amide bonds. The lowest BCUT2D eigenvalue weighted by atomic mass is 10.0. The van der Waals surface area contributed by atoms with E-state index in [0.717, 1.165) is 44.9 Å². The Balaban J connectivity index is 1.40. The van der Waals surface area contributed by atoms with E-state index >= 15 is 0 Å². The van der Waals surface area contributed by atoms with Gasteiger partial charge in [0.15, 0.2) is 5.78 Å². The molecule has 0 saturated heterocycles. The molecule has 0 aliphatic heterocycles. The van der Waals surface area contributed by atoms with Gasteiger partial charge in [-0.3, -0.25) is 9.89 Å². The highest BCUT2D eigenvalue weighted by Gasteiger charge is 2.26. The molecule has 0 atom stereocenters. The minimum absolute atomic E-state index is 0.0113. The Labute approximate surface area is 161 Å². The van der Waals surface area contributed by atoms with Crippen molar-refractivity contribution in [3.63, 3.8) is 0 Å². The van der Waals surface area contributed by atoms with Gasteiger partial charge in [0, 0.05) is 53.1 Å². The Bertz CT molecular complexity index is 1180. The lowest BCUT2D eigenvalue weighted by Crippen LogP contribution is -2.06. The number of rotatable bonds is 5. The zero-order valence-electron chi connectivity index (χ0n) is 15.8. The highest BCUT2D eigenvalue weighted by Crippen LogP contribution is 2.38. The Hall–Kier alpha value is -3.35. The Kier molecular flexibility index (Phi) is 3.82. The number of carbonyl (C=O) groups is 1. The van der Waals surface area contributed by atoms with Gasteiger partial charge in [-0.25, -0.2) is 15.0 Å². The van der Waals surface area contributed by atoms with Gasteiger partial charge in [0.2, 0.25) is 0 Å². The number of carbonyl (C=O) groups excluding carboxylic acids is 1. The van der Waals surface area contributed by atoms with E-state index in [1.54, 1.807) is 6.20 Å². The number of hydrogen-bond donors (Lipinski definition) is 2. The van der Waals surface area contributed by atoms with E-state index in [-0.39, 0.29) is 12.2 Å². The summed E-state index contributed by atoms with van der Waals surface area (Å²) in [7, 11) is 0. The summed E-state index contributed by atoms with van der Waals surface area (Å²) < 4.78 is 0. The molecule has 1 aliphatic rings. The van der Waals surface area contributed by atoms with Crippen LogP contribution in [0.25, 0.3) is 22.3 Å². The molecule has 4 heterocycles. The molecule has 0 aromatic carbocycles. The summed E-state index contributed by atoms with van der Waals surface area (Å²) in [6.07, 6.45) is 8.11. The number of fused-ring (bicyclic) bond motifs is 1. The molecular weight excluding hydrogens is 352 g/mol. The van der Waals surface area contributed by atoms with E-state index < -0.39 is 0 Å². The number of ketones is 1. The molecular formula is C21H20N6O. The quantitative estimate of drug-likeness (QED) is 0.521. The lowest BCUT2D eigenvalue weighted by molar-refractivity contribution is 0.0987. The third kappa shape index (κ3) is 2.98. The number of aromatic nitrogens is 6. The van der Waals surface area contributed by atoms with E-state index in [1.165, 1.54) is 12.8 Å². The van der Waals surface area contributed by atoms with Crippen LogP contribution >= 0.6 is 0 Å². The van der Waals surface area contributed by atoms with Crippen LogP contribution < -0.4 is 0 Å². The molecule has 0 bridgehead atoms. The first-order valence-corrected chi connectivity index (χ1v) is 9.43. The molecule has 0 radical (unpaired) electrons. The normalized spacial score (nSPS) is 13.9. The van der Waals surface area contributed by atoms with E-state index in [2.05, 4.69) is 30.1 Å². The molecule has 2 N–H and O–H groups in total. The van der Waals surface area contributed by atoms with Gasteiger partial charge in [0.05, 0.1) is 5.69 Å². The topological polar surface area (TPSA) is 100 Å². The van der Waals surface area contributed by atoms with E-state index in [9.17, 15) is 4.79 Å². The van der Waals surface area contributed by atoms with Crippen molar-refractivity contribution in [2.24, 2.45) is 0 Å². The Morgan fingerprint density at radius 2 is 1.89 bits per heavy atom. The molecule has 1 aliphatic carbocycles. The predicted octanol–water partition coefficient (Wildman–Crippen LogP) is 3.66. The average molecular weight is 372 g/mol. The van der Waals surface area contributed by atoms with Crippen LogP contribution in [-0.2, 0) is 6.42 Å². The van der Waals surface area contributed by atoms with Crippen LogP contribution in [0.3, 0.4) is 0 Å². The number of aromatic amines is 2. The second-order valence-electron chi connectivity index (χ2n) is 7.49. The molecule has 140 valence electrons. The number of pyridine rings is 1. The predicted molar refractivity (Wildman–Crippen MR) is 105 cm³/mol. The fourth-order valence-electron chi connectivity index (χ4n) is 3.37. The SMILES string of the molecule is Cc1[nH]nc(C(=O)Cc2cnc3[nH]c(-c4cnc(C5CC5)nc4)cc3c2)c1C. The molecule has 4 aromatic heterocycles. The number of nitrogens with zero attached hydrogens (tertiary/aromatic N) is 4. The Morgan fingerprint density at radius 3 is 2.57 bits per heavy atom. The number of aryl methyl sites for hydroxylation is 1. The van der Waals surface area contributed by atoms with Crippen molar-refractivity contribution in [3.05, 3.63) is 59.1 Å². The van der Waals surface area contributed by atoms with Crippen LogP contribution in [0.2, 0.25) is 0 Å². The second kappa shape index (κ2) is 6.37. The third-order valence-corrected chi connectivity index (χ3v) is 5.33. The van der Waals surface area contributed by atoms with Crippen LogP contribution in [0, 0.1) is 13.8 Å². The fourth-order valence-corrected chi connectivity index (χ4v) is 3.37. The molecule has 1 fully saturated rings. The van der Waals surface area contributed by atoms with E-state index in [0.29, 0.717) is 11.6 Å². The minimum Gasteiger partial charge on any atom is -0.339 e. The average Bonchev–Trinajstić information content (AvgIpc) is 3.38. The van der Waals surface area contributed by atoms with E-state index in [1.807, 2.05) is 38.4 Å². The van der Waals surface area contributed by atoms with Crippen LogP contribution in [0.5, 0.6) is 0 Å². The number of nitrogens with one attached hydrogen (secondary N) is 2. The summed E-state index contributed by atoms with van der Waals surface area (Å²) >= 11 is 0. The monoisotopic (exact) mass is 372 g/mol. The number of H-pyrrole nitrogens is 2. The maximum Gasteiger partial charge on any atom is 0.187 e. The van der Waals surface area contributed by atoms with E-state index in [4.69, 9.17) is 0 Å². The standard InChI is InChI=1S/C21H20N6O/c1-11-12(2)26-27-19(11)18(28)6-13-5-15-7-17(25-21(15)22-8-13)16-9-23-20(24-10-16)14-3-4-14/h5,7-10,14H,3-4,6H2,1-2H3,(H,22,25)(H,26,27). The van der Waals surface area contributed by atoms with Crippen molar-refractivity contribution < 1.29 is 4.79 Å². The minimum atomic E-state index is -0.0113. The highest BCUT2D eigenvalue weighted by atomic mass is 16.1. The van der Waals surface area contributed by atoms with Crippen LogP contribution in [0.15, 0.2) is 30.7 Å². The van der Waals surface area contributed by atoms with Gasteiger partial charge >= 0.3 is 0 Å². The zero-order chi connectivity index (χ0) is 19.3. The highest BCUT2D eigenvalue weighted by molar-refractivity contribution is 5.97. The third-order valence-electron chi connectivity index (χ3n) is 5.33. The van der Waals surface area contributed by atoms with Gasteiger partial charge in [-0.05, 0) is 44.4 Å². The van der Waals surface area contributed by atoms with Crippen molar-refractivity contribution in [2.75, 3.05) is 0 Å². The number of hydrogen-bond acceptors (Lipinski definition) is 5. The van der Waals surface area contributed by atoms with Crippen LogP contribution in [-0.4, -0.2) is 35.9 Å². The first-order valence-electron chi connectivity index (χ1n) is 9.43. The lowest BCUT2D eigenvalue weighted by Gasteiger charge is -2.00. The van der Waals surface area contributed by atoms with Crippen LogP contribution in [0.1, 0.15) is 51.9 Å². The van der Waals surface area contributed by atoms with Crippen molar-refractivity contribution in [1.82, 2.24) is 30.1 Å². The Morgan fingerprint density at radius 1 is 1.11 bits per heavy atom. The summed E-state index contributed by atoms with van der Waals surface area (Å²) in [5.41, 5.74) is 5.82. The van der Waals surface area contributed by atoms with Gasteiger partial charge < -0.3 is 4.98 Å². The van der Waals surface area contributed by atoms with Gasteiger partial charge in [-0.2, -0.15) is 5.10 Å². The molecule has 4 aromatic rings. The molecule has 7 heteroatoms. The van der Waals surface area contributed by atoms with Crippen molar-refractivity contribution in [2.45, 2.75) is 39.0 Å². The van der Waals surface area contributed by atoms with Gasteiger partial charge in [-0.15, -0.1) is 0 Å². The summed E-state index contributed by atoms with van der Waals surface area (Å²) in [6, 6.07) is 4.02. The molecule has 7 nitrogen and oxygen atoms in total. The molecule has 28 heavy (non-hydrogen) atoms. The van der Waals surface area contributed by atoms with Crippen molar-refractivity contribution in [1.29, 1.82) is 0 Å². The van der Waals surface area contributed by atoms with Crippen molar-refractivity contribution in [3.8, 4) is 11.3 Å². The van der Waals surface area contributed by atoms with Gasteiger partial charge in [0.1, 0.15) is 17.2 Å². The van der Waals surface area contributed by atoms with Gasteiger partial charge in [-0.1, -0.05) is 0 Å². The molecule has 0 spiro atoms. The second-order valence-corrected chi connectivity index (χ2v) is 7.49. The number of Topliss-reactive ketones (excluding diaryl/α,β-unsaturated/α-hetero) is 1. The van der Waals surface area contributed by atoms with Gasteiger partial charge in [0.25, 0.3) is 0 Å². The fraction of sp³-hybridized carbons (Fsp3) is 0.286. The molecule has 1 saturated carbocycles. The first kappa shape index (κ1) is 16.8. The zero-order valence-corrected chi connectivity index (χ0v) is 15.8. The van der Waals surface area contributed by atoms with Crippen LogP contribution in [0.4, 0.5) is 0 Å². The molecule has 5 rings (SSSR count). The summed E-state index contributed by atoms with van der Waals surface area (Å²) in [4.78, 5) is 29.3. The maximum absolute atomic E-state index is 12.6. The summed E-state index contributed by atoms with van der Waals surface area (Å²) in [6.45, 7) is 3.82. The summed E-state index contributed by atoms with van der Waals surface area (Å²) in [5.74, 6) is 1.46. The smallest absolute Gasteiger partial charge is 0.187 e. The maximum atomic E-state index is 12.6.